The van der Waals surface area contributed by atoms with Crippen LogP contribution in [-0.2, 0) is 22.8 Å². The molecule has 0 saturated carbocycles. The van der Waals surface area contributed by atoms with Gasteiger partial charge in [-0.15, -0.1) is 11.6 Å². The highest BCUT2D eigenvalue weighted by Crippen LogP contribution is 2.25. The van der Waals surface area contributed by atoms with Crippen molar-refractivity contribution in [1.29, 1.82) is 0 Å². The van der Waals surface area contributed by atoms with Crippen LogP contribution in [0.1, 0.15) is 29.8 Å². The van der Waals surface area contributed by atoms with Gasteiger partial charge in [-0.2, -0.15) is 16.4 Å². The Kier molecular flexibility index (Phi) is 5.99. The molecule has 7 heteroatoms. The minimum Gasteiger partial charge on any atom is -0.362 e. The summed E-state index contributed by atoms with van der Waals surface area (Å²) in [5.41, 5.74) is 3.10. The molecule has 2 aromatic rings. The van der Waals surface area contributed by atoms with Crippen molar-refractivity contribution in [3.63, 3.8) is 0 Å². The van der Waals surface area contributed by atoms with E-state index in [0.717, 1.165) is 16.8 Å². The van der Waals surface area contributed by atoms with Crippen LogP contribution in [-0.4, -0.2) is 33.6 Å². The summed E-state index contributed by atoms with van der Waals surface area (Å²) in [6.07, 6.45) is 1.78. The summed E-state index contributed by atoms with van der Waals surface area (Å²) in [4.78, 5) is 14.1. The molecule has 0 spiro atoms. The molecule has 0 aromatic carbocycles. The highest BCUT2D eigenvalue weighted by molar-refractivity contribution is 7.07. The van der Waals surface area contributed by atoms with Gasteiger partial charge in [-0.25, -0.2) is 4.68 Å². The first-order valence-corrected chi connectivity index (χ1v) is 8.44. The van der Waals surface area contributed by atoms with Gasteiger partial charge in [0.1, 0.15) is 12.6 Å². The summed E-state index contributed by atoms with van der Waals surface area (Å²) in [6, 6.07) is 1.99. The van der Waals surface area contributed by atoms with Crippen molar-refractivity contribution in [2.24, 2.45) is 0 Å². The Morgan fingerprint density at radius 3 is 2.95 bits per heavy atom. The zero-order valence-electron chi connectivity index (χ0n) is 13.0. The van der Waals surface area contributed by atoms with Gasteiger partial charge in [-0.1, -0.05) is 0 Å². The number of hydrogen-bond acceptors (Lipinski definition) is 4. The van der Waals surface area contributed by atoms with Crippen molar-refractivity contribution in [2.45, 2.75) is 33.2 Å². The van der Waals surface area contributed by atoms with E-state index in [0.29, 0.717) is 13.3 Å². The van der Waals surface area contributed by atoms with Crippen molar-refractivity contribution < 1.29 is 9.53 Å². The zero-order valence-corrected chi connectivity index (χ0v) is 14.5. The molecule has 0 N–H and O–H groups in total. The third kappa shape index (κ3) is 3.69. The molecule has 2 rings (SSSR count). The molecule has 1 unspecified atom stereocenters. The number of thiophene rings is 1. The van der Waals surface area contributed by atoms with Crippen LogP contribution in [0.15, 0.2) is 23.0 Å². The number of methoxy groups -OCH3 is 1. The maximum atomic E-state index is 12.3. The van der Waals surface area contributed by atoms with E-state index in [1.807, 2.05) is 25.3 Å². The normalized spacial score (nSPS) is 12.4. The van der Waals surface area contributed by atoms with Gasteiger partial charge in [-0.05, 0) is 41.8 Å². The van der Waals surface area contributed by atoms with E-state index in [1.54, 1.807) is 34.2 Å². The minimum atomic E-state index is -0.0927. The van der Waals surface area contributed by atoms with Crippen LogP contribution in [0.25, 0.3) is 0 Å². The topological polar surface area (TPSA) is 47.4 Å². The molecule has 0 aliphatic carbocycles. The molecule has 0 saturated heterocycles. The monoisotopic (exact) mass is 341 g/mol. The van der Waals surface area contributed by atoms with Gasteiger partial charge >= 0.3 is 0 Å². The van der Waals surface area contributed by atoms with Crippen LogP contribution in [0.5, 0.6) is 0 Å². The van der Waals surface area contributed by atoms with Gasteiger partial charge in [0.15, 0.2) is 0 Å². The molecule has 0 fully saturated rings. The van der Waals surface area contributed by atoms with Gasteiger partial charge in [0, 0.05) is 7.11 Å². The second-order valence-corrected chi connectivity index (χ2v) is 6.13. The molecule has 2 heterocycles. The number of hydrogen-bond donors (Lipinski definition) is 0. The van der Waals surface area contributed by atoms with E-state index < -0.39 is 0 Å². The quantitative estimate of drug-likeness (QED) is 0.727. The first-order chi connectivity index (χ1) is 10.6. The number of aryl methyl sites for hydroxylation is 1. The number of alkyl halides is 1. The van der Waals surface area contributed by atoms with E-state index >= 15 is 0 Å². The van der Waals surface area contributed by atoms with Gasteiger partial charge in [0.05, 0.1) is 24.5 Å². The number of ether oxygens (including phenoxy) is 1. The maximum Gasteiger partial charge on any atom is 0.238 e. The molecule has 1 amide bonds. The average molecular weight is 342 g/mol. The fourth-order valence-corrected chi connectivity index (χ4v) is 3.22. The van der Waals surface area contributed by atoms with Crippen molar-refractivity contribution in [2.75, 3.05) is 13.0 Å². The maximum absolute atomic E-state index is 12.3. The summed E-state index contributed by atoms with van der Waals surface area (Å²) < 4.78 is 6.92. The van der Waals surface area contributed by atoms with Gasteiger partial charge in [-0.3, -0.25) is 4.79 Å². The Morgan fingerprint density at radius 2 is 2.36 bits per heavy atom. The number of halogens is 1. The van der Waals surface area contributed by atoms with E-state index in [9.17, 15) is 4.79 Å². The molecule has 0 radical (unpaired) electrons. The van der Waals surface area contributed by atoms with E-state index in [1.165, 1.54) is 0 Å². The molecular weight excluding hydrogens is 322 g/mol. The molecule has 0 aliphatic rings. The molecule has 1 atom stereocenters. The average Bonchev–Trinajstić information content (AvgIpc) is 3.15. The molecular formula is C15H20ClN3O2S. The first kappa shape index (κ1) is 17.0. The molecule has 0 aliphatic heterocycles. The zero-order chi connectivity index (χ0) is 16.1. The smallest absolute Gasteiger partial charge is 0.238 e. The Hall–Kier alpha value is -1.37. The van der Waals surface area contributed by atoms with Crippen LogP contribution in [0.3, 0.4) is 0 Å². The number of aromatic nitrogens is 2. The van der Waals surface area contributed by atoms with E-state index in [2.05, 4.69) is 10.5 Å². The van der Waals surface area contributed by atoms with Gasteiger partial charge < -0.3 is 9.64 Å². The minimum absolute atomic E-state index is 0.0358. The van der Waals surface area contributed by atoms with Crippen molar-refractivity contribution in [1.82, 2.24) is 14.7 Å². The summed E-state index contributed by atoms with van der Waals surface area (Å²) in [7, 11) is 1.62. The fourth-order valence-electron chi connectivity index (χ4n) is 2.32. The number of nitrogens with zero attached hydrogens (tertiary/aromatic N) is 3. The number of carbonyl (C=O) groups is 1. The van der Waals surface area contributed by atoms with Crippen molar-refractivity contribution in [3.8, 4) is 0 Å². The van der Waals surface area contributed by atoms with Crippen LogP contribution in [0.2, 0.25) is 0 Å². The van der Waals surface area contributed by atoms with Crippen LogP contribution >= 0.6 is 22.9 Å². The summed E-state index contributed by atoms with van der Waals surface area (Å²) in [6.45, 7) is 4.81. The molecule has 22 heavy (non-hydrogen) atoms. The number of amides is 1. The number of rotatable bonds is 7. The van der Waals surface area contributed by atoms with Crippen molar-refractivity contribution >= 4 is 28.8 Å². The largest absolute Gasteiger partial charge is 0.362 e. The molecule has 120 valence electrons. The Bertz CT molecular complexity index is 612. The first-order valence-electron chi connectivity index (χ1n) is 6.96. The van der Waals surface area contributed by atoms with Crippen LogP contribution in [0.4, 0.5) is 0 Å². The standard InChI is InChI=1S/C15H20ClN3O2S/c1-11-7-17-19(10-21-3)14(11)8-18(15(20)6-16)12(2)13-4-5-22-9-13/h4-5,7,9,12H,6,8,10H2,1-3H3. The van der Waals surface area contributed by atoms with E-state index in [-0.39, 0.29) is 17.8 Å². The van der Waals surface area contributed by atoms with Gasteiger partial charge in [0.2, 0.25) is 5.91 Å². The highest BCUT2D eigenvalue weighted by atomic mass is 35.5. The summed E-state index contributed by atoms with van der Waals surface area (Å²) >= 11 is 7.42. The highest BCUT2D eigenvalue weighted by Gasteiger charge is 2.23. The summed E-state index contributed by atoms with van der Waals surface area (Å²) in [5.74, 6) is -0.128. The molecule has 5 nitrogen and oxygen atoms in total. The predicted molar refractivity (Wildman–Crippen MR) is 88.0 cm³/mol. The molecule has 0 bridgehead atoms. The predicted octanol–water partition coefficient (Wildman–Crippen LogP) is 3.19. The van der Waals surface area contributed by atoms with Crippen LogP contribution < -0.4 is 0 Å². The molecule has 2 aromatic heterocycles. The Morgan fingerprint density at radius 1 is 1.59 bits per heavy atom. The lowest BCUT2D eigenvalue weighted by Crippen LogP contribution is -2.35. The lowest BCUT2D eigenvalue weighted by atomic mass is 10.1. The fraction of sp³-hybridized carbons (Fsp3) is 0.467. The van der Waals surface area contributed by atoms with Crippen LogP contribution in [0, 0.1) is 6.92 Å². The third-order valence-corrected chi connectivity index (χ3v) is 4.59. The van der Waals surface area contributed by atoms with Gasteiger partial charge in [0.25, 0.3) is 0 Å². The second kappa shape index (κ2) is 7.76. The third-order valence-electron chi connectivity index (χ3n) is 3.66. The lowest BCUT2D eigenvalue weighted by molar-refractivity contribution is -0.131. The second-order valence-electron chi connectivity index (χ2n) is 5.08. The Labute approximate surface area is 139 Å². The summed E-state index contributed by atoms with van der Waals surface area (Å²) in [5, 5.41) is 8.35. The van der Waals surface area contributed by atoms with Crippen molar-refractivity contribution in [3.05, 3.63) is 39.8 Å². The number of carbonyl (C=O) groups excluding carboxylic acids is 1. The SMILES string of the molecule is COCn1ncc(C)c1CN(C(=O)CCl)C(C)c1ccsc1. The lowest BCUT2D eigenvalue weighted by Gasteiger charge is -2.29. The van der Waals surface area contributed by atoms with E-state index in [4.69, 9.17) is 16.3 Å². The Balaban J connectivity index is 2.27.